The van der Waals surface area contributed by atoms with E-state index in [2.05, 4.69) is 27.7 Å². The van der Waals surface area contributed by atoms with Crippen molar-refractivity contribution in [2.45, 2.75) is 79.6 Å². The van der Waals surface area contributed by atoms with E-state index in [0.717, 1.165) is 12.0 Å². The fraction of sp³-hybridized carbons (Fsp3) is 0.619. The van der Waals surface area contributed by atoms with Gasteiger partial charge in [0.1, 0.15) is 0 Å². The number of carbonyl (C=O) groups is 2. The number of benzene rings is 1. The van der Waals surface area contributed by atoms with Crippen molar-refractivity contribution in [1.82, 2.24) is 0 Å². The predicted octanol–water partition coefficient (Wildman–Crippen LogP) is 7.54. The second-order valence-corrected chi connectivity index (χ2v) is 7.25. The predicted molar refractivity (Wildman–Crippen MR) is 111 cm³/mol. The second-order valence-electron chi connectivity index (χ2n) is 6.49. The summed E-state index contributed by atoms with van der Waals surface area (Å²) in [6.45, 7) is 10.6. The first-order chi connectivity index (χ1) is 11.7. The maximum absolute atomic E-state index is 10.5. The van der Waals surface area contributed by atoms with Crippen molar-refractivity contribution in [3.05, 3.63) is 35.4 Å². The van der Waals surface area contributed by atoms with E-state index in [1.807, 2.05) is 19.1 Å². The number of hydrogen-bond acceptors (Lipinski definition) is 2. The van der Waals surface area contributed by atoms with Gasteiger partial charge in [0.25, 0.3) is 5.24 Å². The fourth-order valence-electron chi connectivity index (χ4n) is 1.76. The normalized spacial score (nSPS) is 9.60. The van der Waals surface area contributed by atoms with Gasteiger partial charge in [-0.15, -0.1) is 0 Å². The lowest BCUT2D eigenvalue weighted by Crippen LogP contribution is -1.91. The number of hydrogen-bond donors (Lipinski definition) is 0. The minimum atomic E-state index is -0.403. The van der Waals surface area contributed by atoms with E-state index in [-0.39, 0.29) is 5.24 Å². The van der Waals surface area contributed by atoms with Crippen LogP contribution in [0.15, 0.2) is 24.3 Å². The molecule has 2 nitrogen and oxygen atoms in total. The highest BCUT2D eigenvalue weighted by atomic mass is 35.5. The highest BCUT2D eigenvalue weighted by molar-refractivity contribution is 6.67. The van der Waals surface area contributed by atoms with Crippen molar-refractivity contribution >= 4 is 33.7 Å². The van der Waals surface area contributed by atoms with Crippen LogP contribution in [0.2, 0.25) is 0 Å². The first kappa shape index (κ1) is 26.4. The van der Waals surface area contributed by atoms with Crippen molar-refractivity contribution in [1.29, 1.82) is 0 Å². The van der Waals surface area contributed by atoms with Gasteiger partial charge in [-0.1, -0.05) is 77.5 Å². The first-order valence-electron chi connectivity index (χ1n) is 9.19. The molecule has 0 aromatic heterocycles. The molecule has 0 atom stereocenters. The summed E-state index contributed by atoms with van der Waals surface area (Å²) in [5, 5.41) is -0.626. The van der Waals surface area contributed by atoms with Crippen LogP contribution in [0.4, 0.5) is 0 Å². The highest BCUT2D eigenvalue weighted by Crippen LogP contribution is 2.05. The Morgan fingerprint density at radius 2 is 1.40 bits per heavy atom. The van der Waals surface area contributed by atoms with E-state index >= 15 is 0 Å². The molecule has 4 heteroatoms. The summed E-state index contributed by atoms with van der Waals surface area (Å²) < 4.78 is 0. The van der Waals surface area contributed by atoms with Gasteiger partial charge in [-0.3, -0.25) is 9.59 Å². The van der Waals surface area contributed by atoms with E-state index in [4.69, 9.17) is 23.2 Å². The summed E-state index contributed by atoms with van der Waals surface area (Å²) in [4.78, 5) is 20.6. The van der Waals surface area contributed by atoms with Crippen LogP contribution < -0.4 is 0 Å². The quantitative estimate of drug-likeness (QED) is 0.340. The Balaban J connectivity index is 0. The van der Waals surface area contributed by atoms with Gasteiger partial charge in [-0.05, 0) is 54.6 Å². The molecular weight excluding hydrogens is 355 g/mol. The summed E-state index contributed by atoms with van der Waals surface area (Å²) >= 11 is 10.3. The van der Waals surface area contributed by atoms with Crippen LogP contribution in [-0.2, 0) is 4.79 Å². The third-order valence-electron chi connectivity index (χ3n) is 3.40. The van der Waals surface area contributed by atoms with Gasteiger partial charge < -0.3 is 0 Å². The van der Waals surface area contributed by atoms with Crippen LogP contribution in [0.1, 0.15) is 88.6 Å². The Bertz CT molecular complexity index is 449. The zero-order valence-electron chi connectivity index (χ0n) is 16.4. The second kappa shape index (κ2) is 17.9. The molecule has 0 spiro atoms. The molecule has 0 unspecified atom stereocenters. The molecule has 0 aliphatic rings. The number of unbranched alkanes of at least 4 members (excludes halogenated alkanes) is 4. The van der Waals surface area contributed by atoms with E-state index in [1.165, 1.54) is 32.1 Å². The summed E-state index contributed by atoms with van der Waals surface area (Å²) in [6, 6.07) is 7.14. The topological polar surface area (TPSA) is 34.1 Å². The average molecular weight is 389 g/mol. The number of rotatable bonds is 8. The molecule has 0 bridgehead atoms. The molecule has 144 valence electrons. The van der Waals surface area contributed by atoms with Crippen LogP contribution in [0.25, 0.3) is 0 Å². The molecule has 0 aliphatic heterocycles. The van der Waals surface area contributed by atoms with Crippen LogP contribution in [0, 0.1) is 12.8 Å². The zero-order chi connectivity index (χ0) is 19.7. The van der Waals surface area contributed by atoms with Crippen LogP contribution in [0.3, 0.4) is 0 Å². The third-order valence-corrected chi connectivity index (χ3v) is 3.81. The molecule has 1 aromatic carbocycles. The SMILES string of the molecule is CC(C)CCC(=O)Cl.CCCCCCC.Cc1ccc(C(=O)Cl)cc1. The molecule has 0 fully saturated rings. The van der Waals surface area contributed by atoms with Gasteiger partial charge in [0.15, 0.2) is 0 Å². The summed E-state index contributed by atoms with van der Waals surface area (Å²) in [5.41, 5.74) is 1.67. The van der Waals surface area contributed by atoms with Gasteiger partial charge >= 0.3 is 0 Å². The van der Waals surface area contributed by atoms with Gasteiger partial charge in [-0.25, -0.2) is 0 Å². The molecule has 1 aromatic rings. The smallest absolute Gasteiger partial charge is 0.252 e. The standard InChI is InChI=1S/C8H7ClO.C7H16.C6H11ClO/c1-6-2-4-7(5-3-6)8(9)10;1-3-5-7-6-4-2;1-5(2)3-4-6(7)8/h2-5H,1H3;3-7H2,1-2H3;5H,3-4H2,1-2H3. The highest BCUT2D eigenvalue weighted by Gasteiger charge is 1.98. The summed E-state index contributed by atoms with van der Waals surface area (Å²) in [7, 11) is 0. The Kier molecular flexibility index (Phi) is 18.9. The van der Waals surface area contributed by atoms with Crippen molar-refractivity contribution in [2.75, 3.05) is 0 Å². The molecule has 0 aliphatic carbocycles. The first-order valence-corrected chi connectivity index (χ1v) is 9.94. The zero-order valence-corrected chi connectivity index (χ0v) is 17.9. The van der Waals surface area contributed by atoms with Crippen LogP contribution in [-0.4, -0.2) is 10.5 Å². The van der Waals surface area contributed by atoms with Gasteiger partial charge in [0.2, 0.25) is 5.24 Å². The molecule has 0 radical (unpaired) electrons. The summed E-state index contributed by atoms with van der Waals surface area (Å²) in [6.07, 6.45) is 8.43. The van der Waals surface area contributed by atoms with Gasteiger partial charge in [0, 0.05) is 12.0 Å². The number of aryl methyl sites for hydroxylation is 1. The molecule has 0 N–H and O–H groups in total. The van der Waals surface area contributed by atoms with E-state index < -0.39 is 5.24 Å². The lowest BCUT2D eigenvalue weighted by Gasteiger charge is -1.97. The Labute approximate surface area is 164 Å². The largest absolute Gasteiger partial charge is 0.281 e. The molecular formula is C21H34Cl2O2. The van der Waals surface area contributed by atoms with Gasteiger partial charge in [-0.2, -0.15) is 0 Å². The van der Waals surface area contributed by atoms with Gasteiger partial charge in [0.05, 0.1) is 0 Å². The maximum Gasteiger partial charge on any atom is 0.252 e. The van der Waals surface area contributed by atoms with E-state index in [9.17, 15) is 9.59 Å². The monoisotopic (exact) mass is 388 g/mol. The van der Waals surface area contributed by atoms with Crippen molar-refractivity contribution < 1.29 is 9.59 Å². The minimum absolute atomic E-state index is 0.223. The minimum Gasteiger partial charge on any atom is -0.281 e. The number of halogens is 2. The Hall–Kier alpha value is -0.860. The molecule has 1 rings (SSSR count). The summed E-state index contributed by atoms with van der Waals surface area (Å²) in [5.74, 6) is 0.581. The lowest BCUT2D eigenvalue weighted by molar-refractivity contribution is -0.111. The fourth-order valence-corrected chi connectivity index (χ4v) is 2.00. The maximum atomic E-state index is 10.5. The van der Waals surface area contributed by atoms with E-state index in [0.29, 0.717) is 17.9 Å². The van der Waals surface area contributed by atoms with Crippen molar-refractivity contribution in [2.24, 2.45) is 5.92 Å². The van der Waals surface area contributed by atoms with Crippen molar-refractivity contribution in [3.8, 4) is 0 Å². The van der Waals surface area contributed by atoms with E-state index in [1.54, 1.807) is 12.1 Å². The molecule has 0 heterocycles. The Morgan fingerprint density at radius 1 is 0.920 bits per heavy atom. The molecule has 0 amide bonds. The third kappa shape index (κ3) is 21.1. The lowest BCUT2D eigenvalue weighted by atomic mass is 10.1. The molecule has 0 saturated heterocycles. The van der Waals surface area contributed by atoms with Crippen LogP contribution in [0.5, 0.6) is 0 Å². The Morgan fingerprint density at radius 3 is 1.68 bits per heavy atom. The molecule has 0 saturated carbocycles. The molecule has 25 heavy (non-hydrogen) atoms. The average Bonchev–Trinajstić information content (AvgIpc) is 2.55. The number of carbonyl (C=O) groups excluding carboxylic acids is 2. The van der Waals surface area contributed by atoms with Crippen molar-refractivity contribution in [3.63, 3.8) is 0 Å². The van der Waals surface area contributed by atoms with Crippen LogP contribution >= 0.6 is 23.2 Å².